The first-order valence-electron chi connectivity index (χ1n) is 8.74. The smallest absolute Gasteiger partial charge is 0.00889 e. The Balaban J connectivity index is 1.62. The van der Waals surface area contributed by atoms with Gasteiger partial charge in [0.05, 0.1) is 0 Å². The highest BCUT2D eigenvalue weighted by Gasteiger charge is 2.33. The van der Waals surface area contributed by atoms with Crippen molar-refractivity contribution in [2.75, 3.05) is 0 Å². The fourth-order valence-corrected chi connectivity index (χ4v) is 3.53. The van der Waals surface area contributed by atoms with Gasteiger partial charge in [0, 0.05) is 5.92 Å². The summed E-state index contributed by atoms with van der Waals surface area (Å²) in [4.78, 5) is 0. The van der Waals surface area contributed by atoms with E-state index in [1.807, 2.05) is 0 Å². The Morgan fingerprint density at radius 2 is 1.08 bits per heavy atom. The molecule has 0 radical (unpaired) electrons. The normalized spacial score (nSPS) is 16.0. The predicted molar refractivity (Wildman–Crippen MR) is 101 cm³/mol. The van der Waals surface area contributed by atoms with Crippen LogP contribution in [0.5, 0.6) is 0 Å². The van der Waals surface area contributed by atoms with Crippen LogP contribution in [-0.4, -0.2) is 0 Å². The molecule has 0 bridgehead atoms. The van der Waals surface area contributed by atoms with Crippen LogP contribution in [-0.2, 0) is 12.8 Å². The van der Waals surface area contributed by atoms with Crippen molar-refractivity contribution < 1.29 is 0 Å². The maximum atomic E-state index is 2.26. The number of allylic oxidation sites excluding steroid dienone is 2. The number of rotatable bonds is 5. The molecule has 1 unspecified atom stereocenters. The van der Waals surface area contributed by atoms with Gasteiger partial charge >= 0.3 is 0 Å². The molecule has 1 aliphatic carbocycles. The molecule has 24 heavy (non-hydrogen) atoms. The van der Waals surface area contributed by atoms with Gasteiger partial charge in [-0.25, -0.2) is 0 Å². The second-order valence-corrected chi connectivity index (χ2v) is 6.62. The van der Waals surface area contributed by atoms with Gasteiger partial charge in [0.2, 0.25) is 0 Å². The van der Waals surface area contributed by atoms with Gasteiger partial charge in [0.15, 0.2) is 0 Å². The Bertz CT molecular complexity index is 770. The van der Waals surface area contributed by atoms with E-state index in [0.717, 1.165) is 12.8 Å². The monoisotopic (exact) mass is 310 g/mol. The van der Waals surface area contributed by atoms with Crippen molar-refractivity contribution in [1.29, 1.82) is 0 Å². The van der Waals surface area contributed by atoms with E-state index in [0.29, 0.717) is 5.92 Å². The van der Waals surface area contributed by atoms with Crippen molar-refractivity contribution in [2.24, 2.45) is 0 Å². The molecular formula is C24H22. The molecule has 0 nitrogen and oxygen atoms in total. The highest BCUT2D eigenvalue weighted by atomic mass is 14.4. The molecule has 1 aliphatic rings. The van der Waals surface area contributed by atoms with E-state index in [4.69, 9.17) is 0 Å². The van der Waals surface area contributed by atoms with Crippen LogP contribution >= 0.6 is 0 Å². The molecule has 4 rings (SSSR count). The number of hydrogen-bond donors (Lipinski definition) is 0. The van der Waals surface area contributed by atoms with Crippen molar-refractivity contribution >= 4 is 0 Å². The minimum Gasteiger partial charge on any atom is -0.0622 e. The molecule has 1 atom stereocenters. The van der Waals surface area contributed by atoms with Gasteiger partial charge < -0.3 is 0 Å². The van der Waals surface area contributed by atoms with Gasteiger partial charge in [-0.15, -0.1) is 0 Å². The first kappa shape index (κ1) is 15.0. The third-order valence-electron chi connectivity index (χ3n) is 4.86. The van der Waals surface area contributed by atoms with Crippen molar-refractivity contribution in [2.45, 2.75) is 25.2 Å². The van der Waals surface area contributed by atoms with Crippen LogP contribution in [0.15, 0.2) is 102 Å². The van der Waals surface area contributed by atoms with E-state index < -0.39 is 0 Å². The Morgan fingerprint density at radius 3 is 1.58 bits per heavy atom. The molecule has 0 amide bonds. The largest absolute Gasteiger partial charge is 0.0622 e. The summed E-state index contributed by atoms with van der Waals surface area (Å²) in [6, 6.07) is 32.7. The first-order valence-corrected chi connectivity index (χ1v) is 8.74. The predicted octanol–water partition coefficient (Wildman–Crippen LogP) is 5.96. The molecule has 0 saturated heterocycles. The number of hydrogen-bond acceptors (Lipinski definition) is 0. The van der Waals surface area contributed by atoms with Gasteiger partial charge in [0.25, 0.3) is 0 Å². The zero-order valence-electron chi connectivity index (χ0n) is 13.9. The number of benzene rings is 3. The summed E-state index contributed by atoms with van der Waals surface area (Å²) >= 11 is 0. The maximum absolute atomic E-state index is 2.26. The highest BCUT2D eigenvalue weighted by molar-refractivity contribution is 5.46. The SMILES string of the molecule is c1ccc(CC(Cc2ccccc2)=C2CC2c2ccccc2)cc1. The van der Waals surface area contributed by atoms with E-state index in [1.165, 1.54) is 23.1 Å². The fraction of sp³-hybridized carbons (Fsp3) is 0.167. The lowest BCUT2D eigenvalue weighted by Gasteiger charge is -2.09. The molecule has 0 N–H and O–H groups in total. The summed E-state index contributed by atoms with van der Waals surface area (Å²) in [6.07, 6.45) is 3.35. The molecular weight excluding hydrogens is 288 g/mol. The molecule has 0 spiro atoms. The van der Waals surface area contributed by atoms with Gasteiger partial charge in [0.1, 0.15) is 0 Å². The molecule has 1 fully saturated rings. The second-order valence-electron chi connectivity index (χ2n) is 6.62. The molecule has 0 aliphatic heterocycles. The Kier molecular flexibility index (Phi) is 4.29. The Morgan fingerprint density at radius 1 is 0.625 bits per heavy atom. The van der Waals surface area contributed by atoms with Crippen LogP contribution in [0.1, 0.15) is 29.0 Å². The minimum atomic E-state index is 0.633. The third-order valence-corrected chi connectivity index (χ3v) is 4.86. The summed E-state index contributed by atoms with van der Waals surface area (Å²) < 4.78 is 0. The fourth-order valence-electron chi connectivity index (χ4n) is 3.53. The lowest BCUT2D eigenvalue weighted by Crippen LogP contribution is -1.96. The average Bonchev–Trinajstić information content (AvgIpc) is 3.45. The summed E-state index contributed by atoms with van der Waals surface area (Å²) in [5.41, 5.74) is 7.53. The molecule has 0 heteroatoms. The van der Waals surface area contributed by atoms with Gasteiger partial charge in [-0.3, -0.25) is 0 Å². The molecule has 0 heterocycles. The Labute approximate surface area is 144 Å². The van der Waals surface area contributed by atoms with Crippen LogP contribution in [0.2, 0.25) is 0 Å². The van der Waals surface area contributed by atoms with E-state index in [1.54, 1.807) is 11.1 Å². The van der Waals surface area contributed by atoms with Gasteiger partial charge in [-0.05, 0) is 36.0 Å². The van der Waals surface area contributed by atoms with Crippen LogP contribution < -0.4 is 0 Å². The van der Waals surface area contributed by atoms with E-state index in [-0.39, 0.29) is 0 Å². The Hall–Kier alpha value is -2.60. The molecule has 0 aromatic heterocycles. The van der Waals surface area contributed by atoms with Gasteiger partial charge in [-0.1, -0.05) is 102 Å². The quantitative estimate of drug-likeness (QED) is 0.510. The van der Waals surface area contributed by atoms with Gasteiger partial charge in [-0.2, -0.15) is 0 Å². The van der Waals surface area contributed by atoms with Crippen LogP contribution in [0, 0.1) is 0 Å². The van der Waals surface area contributed by atoms with E-state index in [9.17, 15) is 0 Å². The lowest BCUT2D eigenvalue weighted by atomic mass is 9.96. The molecule has 118 valence electrons. The van der Waals surface area contributed by atoms with E-state index in [2.05, 4.69) is 91.0 Å². The highest BCUT2D eigenvalue weighted by Crippen LogP contribution is 2.49. The molecule has 1 saturated carbocycles. The maximum Gasteiger partial charge on any atom is 0.00889 e. The first-order chi connectivity index (χ1) is 11.9. The zero-order valence-corrected chi connectivity index (χ0v) is 13.9. The van der Waals surface area contributed by atoms with Crippen LogP contribution in [0.4, 0.5) is 0 Å². The van der Waals surface area contributed by atoms with Crippen molar-refractivity contribution in [1.82, 2.24) is 0 Å². The lowest BCUT2D eigenvalue weighted by molar-refractivity contribution is 1.02. The summed E-state index contributed by atoms with van der Waals surface area (Å²) in [5.74, 6) is 0.633. The van der Waals surface area contributed by atoms with Crippen molar-refractivity contribution in [3.05, 3.63) is 119 Å². The van der Waals surface area contributed by atoms with Crippen molar-refractivity contribution in [3.8, 4) is 0 Å². The molecule has 3 aromatic carbocycles. The molecule has 3 aromatic rings. The topological polar surface area (TPSA) is 0 Å². The zero-order chi connectivity index (χ0) is 16.2. The summed E-state index contributed by atoms with van der Waals surface area (Å²) in [6.45, 7) is 0. The standard InChI is InChI=1S/C24H22/c1-4-10-19(11-5-1)16-22(17-20-12-6-2-7-13-20)24-18-23(24)21-14-8-3-9-15-21/h1-15,23H,16-18H2. The third kappa shape index (κ3) is 3.49. The van der Waals surface area contributed by atoms with Crippen LogP contribution in [0.3, 0.4) is 0 Å². The van der Waals surface area contributed by atoms with Crippen LogP contribution in [0.25, 0.3) is 0 Å². The van der Waals surface area contributed by atoms with Crippen molar-refractivity contribution in [3.63, 3.8) is 0 Å². The minimum absolute atomic E-state index is 0.633. The second kappa shape index (κ2) is 6.88. The summed E-state index contributed by atoms with van der Waals surface area (Å²) in [5, 5.41) is 0. The average molecular weight is 310 g/mol. The summed E-state index contributed by atoms with van der Waals surface area (Å²) in [7, 11) is 0. The van der Waals surface area contributed by atoms with E-state index >= 15 is 0 Å².